The van der Waals surface area contributed by atoms with Gasteiger partial charge in [0, 0.05) is 18.7 Å². The van der Waals surface area contributed by atoms with Gasteiger partial charge in [0.25, 0.3) is 5.91 Å². The molecule has 1 aliphatic rings. The first-order chi connectivity index (χ1) is 8.52. The lowest BCUT2D eigenvalue weighted by Gasteiger charge is -2.19. The van der Waals surface area contributed by atoms with E-state index in [9.17, 15) is 14.9 Å². The molecule has 98 valence electrons. The maximum Gasteiger partial charge on any atom is 0.321 e. The molecule has 1 aliphatic heterocycles. The molecule has 2 heterocycles. The van der Waals surface area contributed by atoms with Crippen molar-refractivity contribution in [3.05, 3.63) is 27.9 Å². The smallest absolute Gasteiger partial charge is 0.321 e. The van der Waals surface area contributed by atoms with Crippen LogP contribution in [0.2, 0.25) is 0 Å². The number of nitrogens with two attached hydrogens (primary N) is 1. The van der Waals surface area contributed by atoms with E-state index in [2.05, 4.69) is 4.98 Å². The van der Waals surface area contributed by atoms with E-state index in [1.165, 1.54) is 12.1 Å². The first-order valence-electron chi connectivity index (χ1n) is 5.87. The number of rotatable bonds is 3. The number of hydrogen-bond donors (Lipinski definition) is 2. The minimum atomic E-state index is -0.549. The van der Waals surface area contributed by atoms with Crippen LogP contribution >= 0.6 is 0 Å². The standard InChI is InChI=1S/C11H16N4O3/c1-7-4-8(5-12)6-14(7)11(16)9-2-3-10(13-9)15(17)18/h2-3,7-8,13H,4-6,12H2,1H3. The summed E-state index contributed by atoms with van der Waals surface area (Å²) in [5.41, 5.74) is 5.86. The van der Waals surface area contributed by atoms with Gasteiger partial charge in [-0.15, -0.1) is 0 Å². The van der Waals surface area contributed by atoms with E-state index in [-0.39, 0.29) is 23.5 Å². The Kier molecular flexibility index (Phi) is 3.33. The van der Waals surface area contributed by atoms with Crippen molar-refractivity contribution in [1.82, 2.24) is 9.88 Å². The van der Waals surface area contributed by atoms with Crippen LogP contribution in [0.5, 0.6) is 0 Å². The minimum Gasteiger partial charge on any atom is -0.358 e. The van der Waals surface area contributed by atoms with Crippen LogP contribution in [-0.4, -0.2) is 39.8 Å². The van der Waals surface area contributed by atoms with Crippen molar-refractivity contribution in [2.24, 2.45) is 11.7 Å². The van der Waals surface area contributed by atoms with Gasteiger partial charge in [-0.25, -0.2) is 4.98 Å². The van der Waals surface area contributed by atoms with Crippen LogP contribution in [0.4, 0.5) is 5.82 Å². The molecule has 2 rings (SSSR count). The monoisotopic (exact) mass is 252 g/mol. The molecule has 1 saturated heterocycles. The maximum absolute atomic E-state index is 12.2. The number of amides is 1. The highest BCUT2D eigenvalue weighted by Gasteiger charge is 2.33. The molecular formula is C11H16N4O3. The molecule has 1 aromatic rings. The first kappa shape index (κ1) is 12.6. The molecule has 0 bridgehead atoms. The van der Waals surface area contributed by atoms with Crippen LogP contribution in [0.1, 0.15) is 23.8 Å². The van der Waals surface area contributed by atoms with Gasteiger partial charge in [0.15, 0.2) is 5.69 Å². The number of carbonyl (C=O) groups excluding carboxylic acids is 1. The van der Waals surface area contributed by atoms with E-state index in [0.29, 0.717) is 19.0 Å². The van der Waals surface area contributed by atoms with E-state index in [1.807, 2.05) is 6.92 Å². The summed E-state index contributed by atoms with van der Waals surface area (Å²) in [5, 5.41) is 10.6. The number of hydrogen-bond acceptors (Lipinski definition) is 4. The highest BCUT2D eigenvalue weighted by Crippen LogP contribution is 2.24. The third kappa shape index (κ3) is 2.21. The predicted octanol–water partition coefficient (Wildman–Crippen LogP) is 0.732. The summed E-state index contributed by atoms with van der Waals surface area (Å²) in [4.78, 5) is 26.4. The highest BCUT2D eigenvalue weighted by molar-refractivity contribution is 5.93. The van der Waals surface area contributed by atoms with Gasteiger partial charge in [-0.2, -0.15) is 0 Å². The van der Waals surface area contributed by atoms with Gasteiger partial charge in [0.05, 0.1) is 0 Å². The van der Waals surface area contributed by atoms with Gasteiger partial charge in [0.2, 0.25) is 0 Å². The number of aromatic nitrogens is 1. The van der Waals surface area contributed by atoms with Gasteiger partial charge in [-0.05, 0) is 36.8 Å². The van der Waals surface area contributed by atoms with Crippen LogP contribution in [0.25, 0.3) is 0 Å². The number of H-pyrrole nitrogens is 1. The van der Waals surface area contributed by atoms with Crippen LogP contribution < -0.4 is 5.73 Å². The lowest BCUT2D eigenvalue weighted by molar-refractivity contribution is -0.389. The summed E-state index contributed by atoms with van der Waals surface area (Å²) in [6.45, 7) is 3.13. The van der Waals surface area contributed by atoms with Crippen molar-refractivity contribution in [3.8, 4) is 0 Å². The molecule has 3 N–H and O–H groups in total. The largest absolute Gasteiger partial charge is 0.358 e. The van der Waals surface area contributed by atoms with E-state index in [1.54, 1.807) is 4.90 Å². The fourth-order valence-corrected chi connectivity index (χ4v) is 2.37. The van der Waals surface area contributed by atoms with Crippen molar-refractivity contribution in [3.63, 3.8) is 0 Å². The summed E-state index contributed by atoms with van der Waals surface area (Å²) in [6.07, 6.45) is 0.880. The Bertz CT molecular complexity index is 471. The second-order valence-electron chi connectivity index (χ2n) is 4.66. The average Bonchev–Trinajstić information content (AvgIpc) is 2.94. The SMILES string of the molecule is CC1CC(CN)CN1C(=O)c1ccc([N+](=O)[O-])[nH]1. The molecule has 2 unspecified atom stereocenters. The molecule has 7 heteroatoms. The van der Waals surface area contributed by atoms with Crippen molar-refractivity contribution in [1.29, 1.82) is 0 Å². The molecule has 0 saturated carbocycles. The Morgan fingerprint density at radius 1 is 1.67 bits per heavy atom. The molecule has 1 aromatic heterocycles. The number of likely N-dealkylation sites (tertiary alicyclic amines) is 1. The van der Waals surface area contributed by atoms with Crippen LogP contribution in [0.3, 0.4) is 0 Å². The maximum atomic E-state index is 12.2. The second kappa shape index (κ2) is 4.77. The molecule has 0 aromatic carbocycles. The number of carbonyl (C=O) groups is 1. The van der Waals surface area contributed by atoms with E-state index < -0.39 is 4.92 Å². The normalized spacial score (nSPS) is 23.3. The average molecular weight is 252 g/mol. The zero-order valence-corrected chi connectivity index (χ0v) is 10.1. The summed E-state index contributed by atoms with van der Waals surface area (Å²) < 4.78 is 0. The van der Waals surface area contributed by atoms with Gasteiger partial charge in [0.1, 0.15) is 0 Å². The summed E-state index contributed by atoms with van der Waals surface area (Å²) >= 11 is 0. The Labute approximate surface area is 104 Å². The van der Waals surface area contributed by atoms with Crippen LogP contribution in [0.15, 0.2) is 12.1 Å². The Hall–Kier alpha value is -1.89. The fourth-order valence-electron chi connectivity index (χ4n) is 2.37. The van der Waals surface area contributed by atoms with Crippen molar-refractivity contribution in [2.45, 2.75) is 19.4 Å². The first-order valence-corrected chi connectivity index (χ1v) is 5.87. The van der Waals surface area contributed by atoms with Gasteiger partial charge >= 0.3 is 5.82 Å². The summed E-state index contributed by atoms with van der Waals surface area (Å²) in [5.74, 6) is -0.0546. The van der Waals surface area contributed by atoms with Gasteiger partial charge < -0.3 is 20.7 Å². The van der Waals surface area contributed by atoms with E-state index in [4.69, 9.17) is 5.73 Å². The molecule has 18 heavy (non-hydrogen) atoms. The van der Waals surface area contributed by atoms with E-state index in [0.717, 1.165) is 6.42 Å². The fraction of sp³-hybridized carbons (Fsp3) is 0.545. The van der Waals surface area contributed by atoms with Crippen LogP contribution in [0, 0.1) is 16.0 Å². The molecule has 0 aliphatic carbocycles. The zero-order chi connectivity index (χ0) is 13.3. The molecule has 1 fully saturated rings. The number of aromatic amines is 1. The second-order valence-corrected chi connectivity index (χ2v) is 4.66. The van der Waals surface area contributed by atoms with Gasteiger partial charge in [-0.1, -0.05) is 0 Å². The topological polar surface area (TPSA) is 105 Å². The molecule has 7 nitrogen and oxygen atoms in total. The summed E-state index contributed by atoms with van der Waals surface area (Å²) in [7, 11) is 0. The molecule has 2 atom stereocenters. The third-order valence-corrected chi connectivity index (χ3v) is 3.35. The number of nitrogens with zero attached hydrogens (tertiary/aromatic N) is 2. The predicted molar refractivity (Wildman–Crippen MR) is 65.1 cm³/mol. The lowest BCUT2D eigenvalue weighted by atomic mass is 10.1. The van der Waals surface area contributed by atoms with Crippen molar-refractivity contribution < 1.29 is 9.72 Å². The molecule has 0 spiro atoms. The summed E-state index contributed by atoms with van der Waals surface area (Å²) in [6, 6.07) is 2.87. The number of nitro groups is 1. The molecule has 1 amide bonds. The molecular weight excluding hydrogens is 236 g/mol. The highest BCUT2D eigenvalue weighted by atomic mass is 16.6. The third-order valence-electron chi connectivity index (χ3n) is 3.35. The quantitative estimate of drug-likeness (QED) is 0.611. The number of nitrogens with one attached hydrogen (secondary N) is 1. The Morgan fingerprint density at radius 2 is 2.39 bits per heavy atom. The van der Waals surface area contributed by atoms with Gasteiger partial charge in [-0.3, -0.25) is 4.79 Å². The van der Waals surface area contributed by atoms with Crippen molar-refractivity contribution in [2.75, 3.05) is 13.1 Å². The molecule has 0 radical (unpaired) electrons. The Morgan fingerprint density at radius 3 is 2.89 bits per heavy atom. The zero-order valence-electron chi connectivity index (χ0n) is 10.1. The minimum absolute atomic E-state index is 0.119. The Balaban J connectivity index is 2.13. The lowest BCUT2D eigenvalue weighted by Crippen LogP contribution is -2.34. The van der Waals surface area contributed by atoms with E-state index >= 15 is 0 Å². The van der Waals surface area contributed by atoms with Crippen LogP contribution in [-0.2, 0) is 0 Å². The van der Waals surface area contributed by atoms with Crippen molar-refractivity contribution >= 4 is 11.7 Å².